The van der Waals surface area contributed by atoms with Gasteiger partial charge in [0.15, 0.2) is 12.0 Å². The second kappa shape index (κ2) is 5.13. The summed E-state index contributed by atoms with van der Waals surface area (Å²) in [5, 5.41) is 2.71. The fraction of sp³-hybridized carbons (Fsp3) is 0.0667. The van der Waals surface area contributed by atoms with Crippen molar-refractivity contribution in [1.82, 2.24) is 4.98 Å². The fourth-order valence-electron chi connectivity index (χ4n) is 1.95. The van der Waals surface area contributed by atoms with Gasteiger partial charge in [-0.3, -0.25) is 4.79 Å². The van der Waals surface area contributed by atoms with Gasteiger partial charge in [0.1, 0.15) is 11.3 Å². The number of oxazole rings is 1. The first-order valence-electron chi connectivity index (χ1n) is 6.09. The summed E-state index contributed by atoms with van der Waals surface area (Å²) < 4.78 is 18.6. The van der Waals surface area contributed by atoms with Crippen LogP contribution in [-0.4, -0.2) is 10.9 Å². The van der Waals surface area contributed by atoms with E-state index >= 15 is 0 Å². The number of carbonyl (C=O) groups is 1. The zero-order valence-electron chi connectivity index (χ0n) is 10.5. The minimum absolute atomic E-state index is 0.0128. The summed E-state index contributed by atoms with van der Waals surface area (Å²) in [6.45, 7) is 0. The van der Waals surface area contributed by atoms with Gasteiger partial charge >= 0.3 is 0 Å². The van der Waals surface area contributed by atoms with Gasteiger partial charge in [0, 0.05) is 11.8 Å². The molecule has 0 unspecified atom stereocenters. The van der Waals surface area contributed by atoms with E-state index in [0.29, 0.717) is 16.8 Å². The number of hydrogen-bond donors (Lipinski definition) is 1. The highest BCUT2D eigenvalue weighted by Crippen LogP contribution is 2.18. The van der Waals surface area contributed by atoms with E-state index in [1.54, 1.807) is 36.4 Å². The third-order valence-electron chi connectivity index (χ3n) is 2.92. The Hall–Kier alpha value is -2.69. The van der Waals surface area contributed by atoms with Crippen molar-refractivity contribution in [3.63, 3.8) is 0 Å². The third-order valence-corrected chi connectivity index (χ3v) is 2.92. The summed E-state index contributed by atoms with van der Waals surface area (Å²) in [4.78, 5) is 15.9. The van der Waals surface area contributed by atoms with Crippen LogP contribution in [0.5, 0.6) is 0 Å². The number of carbonyl (C=O) groups excluding carboxylic acids is 1. The summed E-state index contributed by atoms with van der Waals surface area (Å²) in [5.41, 5.74) is 2.27. The molecule has 3 aromatic rings. The number of anilines is 1. The molecule has 0 atom stereocenters. The molecular formula is C15H11FN2O2. The summed E-state index contributed by atoms with van der Waals surface area (Å²) in [6, 6.07) is 11.4. The number of amides is 1. The van der Waals surface area contributed by atoms with E-state index < -0.39 is 0 Å². The Morgan fingerprint density at radius 3 is 2.95 bits per heavy atom. The summed E-state index contributed by atoms with van der Waals surface area (Å²) >= 11 is 0. The molecule has 0 fully saturated rings. The van der Waals surface area contributed by atoms with Crippen LogP contribution in [-0.2, 0) is 11.2 Å². The van der Waals surface area contributed by atoms with Crippen molar-refractivity contribution in [3.05, 3.63) is 60.2 Å². The molecule has 0 aliphatic rings. The van der Waals surface area contributed by atoms with Crippen LogP contribution in [0, 0.1) is 5.82 Å². The van der Waals surface area contributed by atoms with Crippen molar-refractivity contribution < 1.29 is 13.6 Å². The van der Waals surface area contributed by atoms with Gasteiger partial charge in [-0.05, 0) is 23.8 Å². The van der Waals surface area contributed by atoms with E-state index in [1.807, 2.05) is 0 Å². The molecule has 20 heavy (non-hydrogen) atoms. The molecule has 0 aliphatic heterocycles. The van der Waals surface area contributed by atoms with E-state index in [1.165, 1.54) is 12.5 Å². The average Bonchev–Trinajstić information content (AvgIpc) is 2.89. The predicted molar refractivity (Wildman–Crippen MR) is 72.7 cm³/mol. The maximum absolute atomic E-state index is 13.5. The number of halogens is 1. The second-order valence-electron chi connectivity index (χ2n) is 4.35. The van der Waals surface area contributed by atoms with Gasteiger partial charge in [-0.2, -0.15) is 0 Å². The number of benzene rings is 2. The van der Waals surface area contributed by atoms with Crippen LogP contribution in [0.1, 0.15) is 5.56 Å². The number of hydrogen-bond acceptors (Lipinski definition) is 3. The van der Waals surface area contributed by atoms with E-state index in [2.05, 4.69) is 10.3 Å². The van der Waals surface area contributed by atoms with Crippen LogP contribution in [0.2, 0.25) is 0 Å². The average molecular weight is 270 g/mol. The quantitative estimate of drug-likeness (QED) is 0.795. The third kappa shape index (κ3) is 2.51. The lowest BCUT2D eigenvalue weighted by molar-refractivity contribution is -0.115. The Labute approximate surface area is 114 Å². The molecular weight excluding hydrogens is 259 g/mol. The van der Waals surface area contributed by atoms with E-state index in [4.69, 9.17) is 4.42 Å². The maximum atomic E-state index is 13.5. The molecule has 5 heteroatoms. The van der Waals surface area contributed by atoms with E-state index in [9.17, 15) is 9.18 Å². The molecule has 4 nitrogen and oxygen atoms in total. The standard InChI is InChI=1S/C15H11FN2O2/c16-12-4-2-1-3-10(12)7-15(19)18-11-5-6-13-14(8-11)20-9-17-13/h1-6,8-9H,7H2,(H,18,19). The molecule has 1 N–H and O–H groups in total. The highest BCUT2D eigenvalue weighted by Gasteiger charge is 2.08. The van der Waals surface area contributed by atoms with Crippen molar-refractivity contribution in [3.8, 4) is 0 Å². The Morgan fingerprint density at radius 1 is 1.25 bits per heavy atom. The molecule has 0 spiro atoms. The minimum Gasteiger partial charge on any atom is -0.443 e. The number of aromatic nitrogens is 1. The SMILES string of the molecule is O=C(Cc1ccccc1F)Nc1ccc2ncoc2c1. The van der Waals surface area contributed by atoms with E-state index in [0.717, 1.165) is 5.52 Å². The summed E-state index contributed by atoms with van der Waals surface area (Å²) in [6.07, 6.45) is 1.33. The lowest BCUT2D eigenvalue weighted by atomic mass is 10.1. The number of fused-ring (bicyclic) bond motifs is 1. The van der Waals surface area contributed by atoms with Crippen molar-refractivity contribution in [2.24, 2.45) is 0 Å². The molecule has 0 aliphatic carbocycles. The topological polar surface area (TPSA) is 55.1 Å². The molecule has 1 amide bonds. The van der Waals surface area contributed by atoms with Crippen LogP contribution in [0.25, 0.3) is 11.1 Å². The van der Waals surface area contributed by atoms with Crippen molar-refractivity contribution in [2.75, 3.05) is 5.32 Å². The van der Waals surface area contributed by atoms with Crippen LogP contribution >= 0.6 is 0 Å². The fourth-order valence-corrected chi connectivity index (χ4v) is 1.95. The van der Waals surface area contributed by atoms with E-state index in [-0.39, 0.29) is 18.1 Å². The molecule has 0 bridgehead atoms. The van der Waals surface area contributed by atoms with Gasteiger partial charge in [0.2, 0.25) is 5.91 Å². The Balaban J connectivity index is 1.74. The van der Waals surface area contributed by atoms with Gasteiger partial charge < -0.3 is 9.73 Å². The van der Waals surface area contributed by atoms with Gasteiger partial charge in [0.25, 0.3) is 0 Å². The van der Waals surface area contributed by atoms with Crippen molar-refractivity contribution in [2.45, 2.75) is 6.42 Å². The number of rotatable bonds is 3. The first-order chi connectivity index (χ1) is 9.72. The second-order valence-corrected chi connectivity index (χ2v) is 4.35. The van der Waals surface area contributed by atoms with Crippen molar-refractivity contribution in [1.29, 1.82) is 0 Å². The number of nitrogens with zero attached hydrogens (tertiary/aromatic N) is 1. The number of nitrogens with one attached hydrogen (secondary N) is 1. The lowest BCUT2D eigenvalue weighted by Gasteiger charge is -2.05. The highest BCUT2D eigenvalue weighted by molar-refractivity contribution is 5.93. The monoisotopic (exact) mass is 270 g/mol. The predicted octanol–water partition coefficient (Wildman–Crippen LogP) is 3.15. The Bertz CT molecular complexity index is 767. The van der Waals surface area contributed by atoms with Gasteiger partial charge in [-0.15, -0.1) is 0 Å². The van der Waals surface area contributed by atoms with Crippen molar-refractivity contribution >= 4 is 22.7 Å². The molecule has 0 saturated carbocycles. The van der Waals surface area contributed by atoms with Gasteiger partial charge in [0.05, 0.1) is 6.42 Å². The molecule has 100 valence electrons. The van der Waals surface area contributed by atoms with Crippen LogP contribution in [0.3, 0.4) is 0 Å². The Kier molecular flexibility index (Phi) is 3.16. The molecule has 0 radical (unpaired) electrons. The molecule has 0 saturated heterocycles. The zero-order chi connectivity index (χ0) is 13.9. The van der Waals surface area contributed by atoms with Crippen LogP contribution in [0.4, 0.5) is 10.1 Å². The molecule has 2 aromatic carbocycles. The highest BCUT2D eigenvalue weighted by atomic mass is 19.1. The maximum Gasteiger partial charge on any atom is 0.228 e. The van der Waals surface area contributed by atoms with Crippen LogP contribution < -0.4 is 5.32 Å². The summed E-state index contributed by atoms with van der Waals surface area (Å²) in [5.74, 6) is -0.665. The molecule has 1 aromatic heterocycles. The van der Waals surface area contributed by atoms with Gasteiger partial charge in [-0.25, -0.2) is 9.37 Å². The zero-order valence-corrected chi connectivity index (χ0v) is 10.5. The smallest absolute Gasteiger partial charge is 0.228 e. The van der Waals surface area contributed by atoms with Gasteiger partial charge in [-0.1, -0.05) is 18.2 Å². The normalized spacial score (nSPS) is 10.7. The largest absolute Gasteiger partial charge is 0.443 e. The summed E-state index contributed by atoms with van der Waals surface area (Å²) in [7, 11) is 0. The lowest BCUT2D eigenvalue weighted by Crippen LogP contribution is -2.15. The first-order valence-corrected chi connectivity index (χ1v) is 6.09. The minimum atomic E-state index is -0.381. The molecule has 3 rings (SSSR count). The molecule has 1 heterocycles. The van der Waals surface area contributed by atoms with Crippen LogP contribution in [0.15, 0.2) is 53.3 Å². The first kappa shape index (κ1) is 12.3. The Morgan fingerprint density at radius 2 is 2.10 bits per heavy atom.